The average molecular weight is 251 g/mol. The van der Waals surface area contributed by atoms with E-state index in [2.05, 4.69) is 12.2 Å². The number of hydrogen-bond donors (Lipinski definition) is 3. The van der Waals surface area contributed by atoms with Crippen LogP contribution >= 0.6 is 0 Å². The minimum Gasteiger partial charge on any atom is -0.508 e. The normalized spacial score (nSPS) is 12.1. The highest BCUT2D eigenvalue weighted by molar-refractivity contribution is 5.76. The molecule has 0 heterocycles. The number of hydrogen-bond acceptors (Lipinski definition) is 3. The van der Waals surface area contributed by atoms with Crippen molar-refractivity contribution >= 4 is 5.91 Å². The zero-order valence-electron chi connectivity index (χ0n) is 10.9. The summed E-state index contributed by atoms with van der Waals surface area (Å²) in [7, 11) is 0. The molecular weight excluding hydrogens is 230 g/mol. The van der Waals surface area contributed by atoms with Gasteiger partial charge in [-0.3, -0.25) is 4.79 Å². The number of carbonyl (C=O) groups excluding carboxylic acids is 1. The molecule has 1 rings (SSSR count). The monoisotopic (exact) mass is 251 g/mol. The van der Waals surface area contributed by atoms with Crippen LogP contribution in [0.4, 0.5) is 0 Å². The highest BCUT2D eigenvalue weighted by Crippen LogP contribution is 2.30. The fraction of sp³-hybridized carbons (Fsp3) is 0.500. The van der Waals surface area contributed by atoms with Gasteiger partial charge in [0.25, 0.3) is 0 Å². The van der Waals surface area contributed by atoms with Crippen LogP contribution in [0, 0.1) is 0 Å². The van der Waals surface area contributed by atoms with Gasteiger partial charge in [-0.05, 0) is 24.0 Å². The minimum absolute atomic E-state index is 0.0107. The molecule has 0 aliphatic heterocycles. The minimum atomic E-state index is -0.0766. The first-order chi connectivity index (χ1) is 8.54. The van der Waals surface area contributed by atoms with Gasteiger partial charge in [0.1, 0.15) is 11.5 Å². The van der Waals surface area contributed by atoms with E-state index in [4.69, 9.17) is 0 Å². The fourth-order valence-corrected chi connectivity index (χ4v) is 1.81. The summed E-state index contributed by atoms with van der Waals surface area (Å²) in [5.74, 6) is -0.0321. The Balaban J connectivity index is 2.54. The van der Waals surface area contributed by atoms with Crippen molar-refractivity contribution in [3.8, 4) is 11.5 Å². The van der Waals surface area contributed by atoms with E-state index in [1.54, 1.807) is 6.07 Å². The Labute approximate surface area is 108 Å². The van der Waals surface area contributed by atoms with Gasteiger partial charge in [-0.2, -0.15) is 0 Å². The number of benzene rings is 1. The number of rotatable bonds is 6. The maximum atomic E-state index is 11.6. The van der Waals surface area contributed by atoms with Gasteiger partial charge >= 0.3 is 0 Å². The van der Waals surface area contributed by atoms with E-state index in [1.165, 1.54) is 12.1 Å². The molecule has 100 valence electrons. The van der Waals surface area contributed by atoms with Crippen LogP contribution in [-0.4, -0.2) is 22.7 Å². The first-order valence-corrected chi connectivity index (χ1v) is 6.33. The first kappa shape index (κ1) is 14.4. The van der Waals surface area contributed by atoms with Crippen molar-refractivity contribution < 1.29 is 15.0 Å². The van der Waals surface area contributed by atoms with Crippen LogP contribution in [0.2, 0.25) is 0 Å². The van der Waals surface area contributed by atoms with Crippen LogP contribution < -0.4 is 5.32 Å². The Hall–Kier alpha value is -1.71. The third-order valence-corrected chi connectivity index (χ3v) is 2.89. The molecule has 3 N–H and O–H groups in total. The molecule has 1 atom stereocenters. The van der Waals surface area contributed by atoms with E-state index in [0.717, 1.165) is 12.8 Å². The summed E-state index contributed by atoms with van der Waals surface area (Å²) < 4.78 is 0. The van der Waals surface area contributed by atoms with Crippen LogP contribution in [0.25, 0.3) is 0 Å². The molecule has 0 aromatic heterocycles. The number of phenols is 2. The molecule has 1 unspecified atom stereocenters. The lowest BCUT2D eigenvalue weighted by Crippen LogP contribution is -2.25. The molecule has 1 aromatic rings. The Morgan fingerprint density at radius 3 is 2.72 bits per heavy atom. The summed E-state index contributed by atoms with van der Waals surface area (Å²) in [4.78, 5) is 11.6. The molecule has 0 fully saturated rings. The molecule has 0 aliphatic carbocycles. The number of aromatic hydroxyl groups is 2. The molecule has 0 spiro atoms. The molecule has 18 heavy (non-hydrogen) atoms. The summed E-state index contributed by atoms with van der Waals surface area (Å²) in [6, 6.07) is 4.45. The molecule has 0 saturated heterocycles. The molecule has 1 aromatic carbocycles. The van der Waals surface area contributed by atoms with Crippen molar-refractivity contribution in [2.24, 2.45) is 0 Å². The van der Waals surface area contributed by atoms with Gasteiger partial charge in [-0.25, -0.2) is 0 Å². The zero-order chi connectivity index (χ0) is 13.5. The van der Waals surface area contributed by atoms with E-state index >= 15 is 0 Å². The van der Waals surface area contributed by atoms with Crippen LogP contribution in [0.15, 0.2) is 18.2 Å². The predicted octanol–water partition coefficient (Wildman–Crippen LogP) is 2.51. The van der Waals surface area contributed by atoms with Gasteiger partial charge in [-0.1, -0.05) is 26.3 Å². The van der Waals surface area contributed by atoms with E-state index < -0.39 is 0 Å². The number of phenolic OH excluding ortho intramolecular Hbond substituents is 2. The van der Waals surface area contributed by atoms with Crippen LogP contribution in [0.5, 0.6) is 11.5 Å². The largest absolute Gasteiger partial charge is 0.508 e. The molecular formula is C14H21NO3. The Kier molecular flexibility index (Phi) is 5.49. The molecule has 0 bridgehead atoms. The molecule has 4 heteroatoms. The third kappa shape index (κ3) is 4.28. The van der Waals surface area contributed by atoms with Crippen molar-refractivity contribution in [2.75, 3.05) is 6.54 Å². The van der Waals surface area contributed by atoms with Gasteiger partial charge in [0.05, 0.1) is 0 Å². The van der Waals surface area contributed by atoms with Crippen LogP contribution in [-0.2, 0) is 4.79 Å². The molecule has 4 nitrogen and oxygen atoms in total. The second-order valence-electron chi connectivity index (χ2n) is 4.55. The maximum absolute atomic E-state index is 11.6. The SMILES string of the molecule is CCCCNC(=O)CC(C)c1ccc(O)cc1O. The van der Waals surface area contributed by atoms with Crippen molar-refractivity contribution in [2.45, 2.75) is 39.0 Å². The first-order valence-electron chi connectivity index (χ1n) is 6.33. The zero-order valence-corrected chi connectivity index (χ0v) is 10.9. The van der Waals surface area contributed by atoms with Gasteiger partial charge < -0.3 is 15.5 Å². The van der Waals surface area contributed by atoms with Gasteiger partial charge in [0, 0.05) is 19.0 Å². The van der Waals surface area contributed by atoms with Crippen molar-refractivity contribution in [1.29, 1.82) is 0 Å². The summed E-state index contributed by atoms with van der Waals surface area (Å²) in [5, 5.41) is 21.7. The maximum Gasteiger partial charge on any atom is 0.220 e. The summed E-state index contributed by atoms with van der Waals surface area (Å²) in [6.07, 6.45) is 2.36. The van der Waals surface area contributed by atoms with E-state index in [1.807, 2.05) is 6.92 Å². The summed E-state index contributed by atoms with van der Waals surface area (Å²) >= 11 is 0. The van der Waals surface area contributed by atoms with Crippen molar-refractivity contribution in [3.05, 3.63) is 23.8 Å². The topological polar surface area (TPSA) is 69.6 Å². The summed E-state index contributed by atoms with van der Waals surface area (Å²) in [6.45, 7) is 4.65. The van der Waals surface area contributed by atoms with E-state index in [-0.39, 0.29) is 23.3 Å². The Morgan fingerprint density at radius 2 is 2.11 bits per heavy atom. The van der Waals surface area contributed by atoms with E-state index in [0.29, 0.717) is 18.5 Å². The Bertz CT molecular complexity index is 404. The van der Waals surface area contributed by atoms with E-state index in [9.17, 15) is 15.0 Å². The highest BCUT2D eigenvalue weighted by atomic mass is 16.3. The summed E-state index contributed by atoms with van der Waals surface area (Å²) in [5.41, 5.74) is 0.679. The van der Waals surface area contributed by atoms with Crippen molar-refractivity contribution in [1.82, 2.24) is 5.32 Å². The number of unbranched alkanes of at least 4 members (excludes halogenated alkanes) is 1. The number of amides is 1. The second kappa shape index (κ2) is 6.89. The third-order valence-electron chi connectivity index (χ3n) is 2.89. The quantitative estimate of drug-likeness (QED) is 0.680. The lowest BCUT2D eigenvalue weighted by Gasteiger charge is -2.13. The molecule has 0 saturated carbocycles. The number of nitrogens with one attached hydrogen (secondary N) is 1. The standard InChI is InChI=1S/C14H21NO3/c1-3-4-7-15-14(18)8-10(2)12-6-5-11(16)9-13(12)17/h5-6,9-10,16-17H,3-4,7-8H2,1-2H3,(H,15,18). The van der Waals surface area contributed by atoms with Crippen LogP contribution in [0.1, 0.15) is 44.6 Å². The van der Waals surface area contributed by atoms with Gasteiger partial charge in [0.15, 0.2) is 0 Å². The van der Waals surface area contributed by atoms with Crippen LogP contribution in [0.3, 0.4) is 0 Å². The predicted molar refractivity (Wildman–Crippen MR) is 70.7 cm³/mol. The molecule has 0 radical (unpaired) electrons. The second-order valence-corrected chi connectivity index (χ2v) is 4.55. The molecule has 0 aliphatic rings. The van der Waals surface area contributed by atoms with Crippen molar-refractivity contribution in [3.63, 3.8) is 0 Å². The lowest BCUT2D eigenvalue weighted by atomic mass is 9.96. The smallest absolute Gasteiger partial charge is 0.220 e. The highest BCUT2D eigenvalue weighted by Gasteiger charge is 2.14. The Morgan fingerprint density at radius 1 is 1.39 bits per heavy atom. The lowest BCUT2D eigenvalue weighted by molar-refractivity contribution is -0.121. The molecule has 1 amide bonds. The van der Waals surface area contributed by atoms with Gasteiger partial charge in [-0.15, -0.1) is 0 Å². The van der Waals surface area contributed by atoms with Gasteiger partial charge in [0.2, 0.25) is 5.91 Å². The fourth-order valence-electron chi connectivity index (χ4n) is 1.81. The number of carbonyl (C=O) groups is 1. The average Bonchev–Trinajstić information content (AvgIpc) is 2.28.